The van der Waals surface area contributed by atoms with E-state index < -0.39 is 0 Å². The first kappa shape index (κ1) is 24.3. The Kier molecular flexibility index (Phi) is 5.34. The minimum atomic E-state index is 0.284. The van der Waals surface area contributed by atoms with E-state index in [2.05, 4.69) is 121 Å². The summed E-state index contributed by atoms with van der Waals surface area (Å²) in [5.41, 5.74) is 14.7. The molecule has 3 aromatic carbocycles. The van der Waals surface area contributed by atoms with Crippen LogP contribution >= 0.6 is 0 Å². The lowest BCUT2D eigenvalue weighted by molar-refractivity contribution is -0.720. The van der Waals surface area contributed by atoms with Gasteiger partial charge in [-0.15, -0.1) is 0 Å². The molecule has 0 fully saturated rings. The van der Waals surface area contributed by atoms with Gasteiger partial charge in [0.15, 0.2) is 24.1 Å². The summed E-state index contributed by atoms with van der Waals surface area (Å²) in [6, 6.07) is 29.4. The number of nitrogens with zero attached hydrogens (tertiary/aromatic N) is 2. The monoisotopic (exact) mass is 534 g/mol. The van der Waals surface area contributed by atoms with E-state index in [1.807, 2.05) is 0 Å². The van der Waals surface area contributed by atoms with Gasteiger partial charge in [-0.05, 0) is 81.1 Å². The van der Waals surface area contributed by atoms with Crippen molar-refractivity contribution in [2.24, 2.45) is 0 Å². The molecule has 8 rings (SSSR count). The van der Waals surface area contributed by atoms with Gasteiger partial charge in [0.2, 0.25) is 11.4 Å². The summed E-state index contributed by atoms with van der Waals surface area (Å²) in [6.07, 6.45) is 7.35. The molecule has 41 heavy (non-hydrogen) atoms. The summed E-state index contributed by atoms with van der Waals surface area (Å²) in [5.74, 6) is 0.369. The Morgan fingerprint density at radius 1 is 0.829 bits per heavy atom. The maximum Gasteiger partial charge on any atom is 0.222 e. The molecule has 0 N–H and O–H groups in total. The van der Waals surface area contributed by atoms with Gasteiger partial charge in [-0.3, -0.25) is 0 Å². The van der Waals surface area contributed by atoms with Crippen molar-refractivity contribution in [1.82, 2.24) is 0 Å². The zero-order chi connectivity index (χ0) is 27.8. The quantitative estimate of drug-likeness (QED) is 0.179. The first-order valence-electron chi connectivity index (χ1n) is 14.7. The number of fused-ring (bicyclic) bond motifs is 13. The summed E-state index contributed by atoms with van der Waals surface area (Å²) >= 11 is 0. The number of aryl methyl sites for hydroxylation is 4. The van der Waals surface area contributed by atoms with Gasteiger partial charge in [0.05, 0.1) is 17.5 Å². The van der Waals surface area contributed by atoms with Crippen LogP contribution in [0.5, 0.6) is 0 Å². The number of aromatic nitrogens is 2. The van der Waals surface area contributed by atoms with E-state index in [4.69, 9.17) is 11.0 Å². The second-order valence-corrected chi connectivity index (χ2v) is 12.1. The zero-order valence-electron chi connectivity index (χ0n) is 23.9. The molecule has 3 aromatic heterocycles. The van der Waals surface area contributed by atoms with Crippen LogP contribution in [0.2, 0.25) is 0 Å². The van der Waals surface area contributed by atoms with Crippen LogP contribution in [-0.4, -0.2) is 0 Å². The number of pyridine rings is 2. The van der Waals surface area contributed by atoms with Gasteiger partial charge in [0.25, 0.3) is 0 Å². The summed E-state index contributed by atoms with van der Waals surface area (Å²) in [4.78, 5) is 0. The maximum absolute atomic E-state index is 6.68. The predicted molar refractivity (Wildman–Crippen MR) is 166 cm³/mol. The normalized spacial score (nSPS) is 17.9. The van der Waals surface area contributed by atoms with Crippen LogP contribution in [0.15, 0.2) is 102 Å². The number of furan rings is 1. The van der Waals surface area contributed by atoms with Gasteiger partial charge < -0.3 is 4.42 Å². The molecule has 200 valence electrons. The number of rotatable bonds is 0. The molecule has 0 saturated carbocycles. The maximum atomic E-state index is 6.68. The van der Waals surface area contributed by atoms with Gasteiger partial charge in [-0.25, -0.2) is 0 Å². The number of benzene rings is 3. The van der Waals surface area contributed by atoms with E-state index in [9.17, 15) is 0 Å². The Morgan fingerprint density at radius 3 is 2.56 bits per heavy atom. The van der Waals surface area contributed by atoms with Crippen LogP contribution in [0.25, 0.3) is 50.2 Å². The van der Waals surface area contributed by atoms with Crippen LogP contribution < -0.4 is 9.13 Å². The highest BCUT2D eigenvalue weighted by molar-refractivity contribution is 6.09. The Hall–Kier alpha value is -4.50. The summed E-state index contributed by atoms with van der Waals surface area (Å²) < 4.78 is 11.5. The molecule has 2 aliphatic heterocycles. The Labute approximate surface area is 241 Å². The number of allylic oxidation sites excluding steroid dienone is 1. The van der Waals surface area contributed by atoms with E-state index in [1.54, 1.807) is 0 Å². The average Bonchev–Trinajstić information content (AvgIpc) is 3.33. The molecule has 5 heterocycles. The third-order valence-electron chi connectivity index (χ3n) is 9.42. The SMILES string of the molecule is C=C1CC2C(CCc3ccc4c(oc5cc(C)ccc54)c3-c3cccc[n+]31)c1cc(C)ccc1-c1c(C)ccc[n+]12. The van der Waals surface area contributed by atoms with Gasteiger partial charge in [-0.1, -0.05) is 42.0 Å². The smallest absolute Gasteiger partial charge is 0.222 e. The van der Waals surface area contributed by atoms with Crippen LogP contribution in [0, 0.1) is 20.8 Å². The lowest BCUT2D eigenvalue weighted by Gasteiger charge is -2.32. The first-order valence-corrected chi connectivity index (χ1v) is 14.7. The average molecular weight is 535 g/mol. The second kappa shape index (κ2) is 9.01. The van der Waals surface area contributed by atoms with Crippen molar-refractivity contribution in [3.8, 4) is 22.5 Å². The molecule has 6 aromatic rings. The van der Waals surface area contributed by atoms with E-state index in [1.165, 1.54) is 55.4 Å². The highest BCUT2D eigenvalue weighted by atomic mass is 16.3. The summed E-state index contributed by atoms with van der Waals surface area (Å²) in [7, 11) is 0. The van der Waals surface area contributed by atoms with Gasteiger partial charge in [0, 0.05) is 40.5 Å². The molecular formula is C38H34N2O+2. The third kappa shape index (κ3) is 3.65. The molecule has 3 heteroatoms. The highest BCUT2D eigenvalue weighted by Crippen LogP contribution is 2.46. The van der Waals surface area contributed by atoms with E-state index in [-0.39, 0.29) is 6.04 Å². The highest BCUT2D eigenvalue weighted by Gasteiger charge is 2.43. The minimum Gasteiger partial charge on any atom is -0.455 e. The molecule has 0 amide bonds. The fraction of sp³-hybridized carbons (Fsp3) is 0.211. The van der Waals surface area contributed by atoms with Crippen molar-refractivity contribution < 1.29 is 13.6 Å². The number of hydrogen-bond acceptors (Lipinski definition) is 1. The molecule has 0 bridgehead atoms. The van der Waals surface area contributed by atoms with Gasteiger partial charge in [0.1, 0.15) is 11.2 Å². The molecule has 3 nitrogen and oxygen atoms in total. The van der Waals surface area contributed by atoms with Crippen molar-refractivity contribution in [2.45, 2.75) is 52.0 Å². The predicted octanol–water partition coefficient (Wildman–Crippen LogP) is 8.57. The van der Waals surface area contributed by atoms with Gasteiger partial charge in [-0.2, -0.15) is 9.13 Å². The van der Waals surface area contributed by atoms with Crippen molar-refractivity contribution in [3.63, 3.8) is 0 Å². The molecular weight excluding hydrogens is 500 g/mol. The number of hydrogen-bond donors (Lipinski definition) is 0. The fourth-order valence-electron chi connectivity index (χ4n) is 7.51. The Balaban J connectivity index is 1.38. The minimum absolute atomic E-state index is 0.284. The molecule has 2 atom stereocenters. The fourth-order valence-corrected chi connectivity index (χ4v) is 7.51. The second-order valence-electron chi connectivity index (χ2n) is 12.1. The summed E-state index contributed by atoms with van der Waals surface area (Å²) in [5, 5.41) is 2.35. The van der Waals surface area contributed by atoms with Crippen molar-refractivity contribution in [2.75, 3.05) is 0 Å². The van der Waals surface area contributed by atoms with Crippen molar-refractivity contribution in [1.29, 1.82) is 0 Å². The third-order valence-corrected chi connectivity index (χ3v) is 9.42. The topological polar surface area (TPSA) is 20.9 Å². The van der Waals surface area contributed by atoms with Crippen LogP contribution in [-0.2, 0) is 6.42 Å². The lowest BCUT2D eigenvalue weighted by atomic mass is 9.76. The van der Waals surface area contributed by atoms with Crippen molar-refractivity contribution in [3.05, 3.63) is 126 Å². The molecule has 2 aliphatic rings. The van der Waals surface area contributed by atoms with Crippen LogP contribution in [0.4, 0.5) is 0 Å². The summed E-state index contributed by atoms with van der Waals surface area (Å²) in [6.45, 7) is 11.3. The molecule has 0 saturated heterocycles. The lowest BCUT2D eigenvalue weighted by Crippen LogP contribution is -2.50. The first-order chi connectivity index (χ1) is 20.0. The van der Waals surface area contributed by atoms with Crippen LogP contribution in [0.1, 0.15) is 52.6 Å². The molecule has 0 aliphatic carbocycles. The van der Waals surface area contributed by atoms with E-state index in [0.29, 0.717) is 5.92 Å². The molecule has 0 radical (unpaired) electrons. The Bertz CT molecular complexity index is 2050. The standard InChI is InChI=1S/C38H34N2O/c1-23-11-15-30-32(20-23)28-16-12-27-13-17-31-29-14-10-24(2)21-35(29)41-38(31)36(27)33-9-5-6-18-39(33)26(4)22-34(28)40-19-7-8-25(3)37(30)40/h5-11,13-15,17-21,28,34H,4,12,16,22H2,1-3H3/q+2. The van der Waals surface area contributed by atoms with Gasteiger partial charge >= 0.3 is 0 Å². The molecule has 2 unspecified atom stereocenters. The van der Waals surface area contributed by atoms with Crippen LogP contribution in [0.3, 0.4) is 0 Å². The largest absolute Gasteiger partial charge is 0.455 e. The zero-order valence-corrected chi connectivity index (χ0v) is 23.9. The van der Waals surface area contributed by atoms with E-state index >= 15 is 0 Å². The Morgan fingerprint density at radius 2 is 1.66 bits per heavy atom. The van der Waals surface area contributed by atoms with Crippen molar-refractivity contribution >= 4 is 27.6 Å². The molecule has 0 spiro atoms. The van der Waals surface area contributed by atoms with E-state index in [0.717, 1.165) is 41.8 Å².